The molecule has 0 fully saturated rings. The number of pyridine rings is 1. The fraction of sp³-hybridized carbons (Fsp3) is 0.227. The molecule has 2 amide bonds. The van der Waals surface area contributed by atoms with E-state index in [1.165, 1.54) is 50.6 Å². The summed E-state index contributed by atoms with van der Waals surface area (Å²) in [7, 11) is 1.39. The molecule has 3 aromatic rings. The van der Waals surface area contributed by atoms with Crippen molar-refractivity contribution in [3.05, 3.63) is 87.6 Å². The van der Waals surface area contributed by atoms with Gasteiger partial charge in [-0.05, 0) is 36.8 Å². The lowest BCUT2D eigenvalue weighted by molar-refractivity contribution is 0.0762. The van der Waals surface area contributed by atoms with Crippen LogP contribution in [-0.2, 0) is 16.8 Å². The van der Waals surface area contributed by atoms with Crippen LogP contribution in [0.5, 0.6) is 5.75 Å². The van der Waals surface area contributed by atoms with E-state index in [1.54, 1.807) is 12.1 Å². The van der Waals surface area contributed by atoms with Crippen LogP contribution in [0.2, 0.25) is 0 Å². The average Bonchev–Trinajstić information content (AvgIpc) is 2.80. The zero-order valence-corrected chi connectivity index (χ0v) is 17.9. The maximum atomic E-state index is 13.1. The topological polar surface area (TPSA) is 146 Å². The summed E-state index contributed by atoms with van der Waals surface area (Å²) in [6.07, 6.45) is 1.45. The molecule has 0 saturated heterocycles. The second kappa shape index (κ2) is 10.0. The lowest BCUT2D eigenvalue weighted by atomic mass is 10.0. The van der Waals surface area contributed by atoms with Crippen LogP contribution in [-0.4, -0.2) is 45.6 Å². The van der Waals surface area contributed by atoms with E-state index in [1.807, 2.05) is 0 Å². The Bertz CT molecular complexity index is 1200. The number of nitrogens with one attached hydrogen (secondary N) is 3. The Morgan fingerprint density at radius 3 is 2.55 bits per heavy atom. The SMILES string of the molecule is COCC(C)(NC(=O)c1ccccn1)c1nc(C(=O)NCc2ccc(F)cc2)c(O)c(=O)[nH]1. The van der Waals surface area contributed by atoms with E-state index in [-0.39, 0.29) is 24.7 Å². The van der Waals surface area contributed by atoms with Crippen LogP contribution in [0.25, 0.3) is 0 Å². The van der Waals surface area contributed by atoms with Gasteiger partial charge in [-0.15, -0.1) is 0 Å². The van der Waals surface area contributed by atoms with E-state index in [0.717, 1.165) is 0 Å². The fourth-order valence-electron chi connectivity index (χ4n) is 3.02. The number of amides is 2. The van der Waals surface area contributed by atoms with Gasteiger partial charge in [0.25, 0.3) is 17.4 Å². The largest absolute Gasteiger partial charge is 0.501 e. The number of aromatic nitrogens is 3. The molecule has 33 heavy (non-hydrogen) atoms. The number of hydrogen-bond donors (Lipinski definition) is 4. The Kier molecular flexibility index (Phi) is 7.13. The van der Waals surface area contributed by atoms with Crippen LogP contribution in [0.1, 0.15) is 39.3 Å². The van der Waals surface area contributed by atoms with Crippen molar-refractivity contribution in [2.75, 3.05) is 13.7 Å². The number of carbonyl (C=O) groups is 2. The molecule has 0 aliphatic carbocycles. The number of rotatable bonds is 8. The Balaban J connectivity index is 1.89. The number of benzene rings is 1. The first-order valence-electron chi connectivity index (χ1n) is 9.82. The minimum Gasteiger partial charge on any atom is -0.501 e. The van der Waals surface area contributed by atoms with Gasteiger partial charge in [0.2, 0.25) is 5.75 Å². The lowest BCUT2D eigenvalue weighted by Gasteiger charge is -2.29. The van der Waals surface area contributed by atoms with Gasteiger partial charge in [0, 0.05) is 19.9 Å². The standard InChI is InChI=1S/C22H22FN5O5/c1-22(12-33-2,28-18(30)15-5-3-4-10-24-15)21-26-16(17(29)20(32)27-21)19(31)25-11-13-6-8-14(23)9-7-13/h3-10,29H,11-12H2,1-2H3,(H,25,31)(H,28,30)(H,26,27,32). The summed E-state index contributed by atoms with van der Waals surface area (Å²) in [5.74, 6) is -2.81. The average molecular weight is 455 g/mol. The smallest absolute Gasteiger partial charge is 0.294 e. The fourth-order valence-corrected chi connectivity index (χ4v) is 3.02. The third-order valence-corrected chi connectivity index (χ3v) is 4.72. The highest BCUT2D eigenvalue weighted by atomic mass is 19.1. The van der Waals surface area contributed by atoms with Gasteiger partial charge in [0.05, 0.1) is 6.61 Å². The molecular formula is C22H22FN5O5. The zero-order chi connectivity index (χ0) is 24.0. The number of aromatic hydroxyl groups is 1. The van der Waals surface area contributed by atoms with Crippen molar-refractivity contribution in [3.63, 3.8) is 0 Å². The number of ether oxygens (including phenoxy) is 1. The van der Waals surface area contributed by atoms with Crippen molar-refractivity contribution in [2.24, 2.45) is 0 Å². The molecule has 1 unspecified atom stereocenters. The van der Waals surface area contributed by atoms with Gasteiger partial charge in [-0.2, -0.15) is 0 Å². The van der Waals surface area contributed by atoms with E-state index in [4.69, 9.17) is 4.74 Å². The quantitative estimate of drug-likeness (QED) is 0.400. The molecule has 0 radical (unpaired) electrons. The minimum absolute atomic E-state index is 0.00805. The number of carbonyl (C=O) groups excluding carboxylic acids is 2. The highest BCUT2D eigenvalue weighted by Crippen LogP contribution is 2.20. The molecule has 0 spiro atoms. The Hall–Kier alpha value is -4.12. The normalized spacial score (nSPS) is 12.6. The van der Waals surface area contributed by atoms with E-state index in [9.17, 15) is 23.9 Å². The summed E-state index contributed by atoms with van der Waals surface area (Å²) in [5.41, 5.74) is -2.16. The molecule has 172 valence electrons. The van der Waals surface area contributed by atoms with Crippen LogP contribution in [0, 0.1) is 5.82 Å². The molecule has 10 nitrogen and oxygen atoms in total. The molecule has 3 rings (SSSR count). The molecule has 0 bridgehead atoms. The number of H-pyrrole nitrogens is 1. The van der Waals surface area contributed by atoms with Gasteiger partial charge in [0.1, 0.15) is 22.9 Å². The van der Waals surface area contributed by atoms with Crippen molar-refractivity contribution < 1.29 is 23.8 Å². The third-order valence-electron chi connectivity index (χ3n) is 4.72. The molecule has 2 aromatic heterocycles. The van der Waals surface area contributed by atoms with E-state index in [0.29, 0.717) is 5.56 Å². The van der Waals surface area contributed by atoms with Crippen LogP contribution in [0.15, 0.2) is 53.5 Å². The number of halogens is 1. The van der Waals surface area contributed by atoms with Crippen molar-refractivity contribution in [3.8, 4) is 5.75 Å². The molecule has 0 aliphatic rings. The Labute approximate surface area is 187 Å². The summed E-state index contributed by atoms with van der Waals surface area (Å²) in [5, 5.41) is 15.3. The van der Waals surface area contributed by atoms with Crippen molar-refractivity contribution in [1.29, 1.82) is 0 Å². The molecule has 1 atom stereocenters. The van der Waals surface area contributed by atoms with Crippen LogP contribution >= 0.6 is 0 Å². The monoisotopic (exact) mass is 455 g/mol. The summed E-state index contributed by atoms with van der Waals surface area (Å²) in [6, 6.07) is 10.2. The molecule has 0 aliphatic heterocycles. The predicted octanol–water partition coefficient (Wildman–Crippen LogP) is 1.23. The molecule has 0 saturated carbocycles. The summed E-state index contributed by atoms with van der Waals surface area (Å²) >= 11 is 0. The van der Waals surface area contributed by atoms with Crippen molar-refractivity contribution >= 4 is 11.8 Å². The highest BCUT2D eigenvalue weighted by molar-refractivity contribution is 5.95. The Morgan fingerprint density at radius 2 is 1.91 bits per heavy atom. The van der Waals surface area contributed by atoms with Gasteiger partial charge in [-0.3, -0.25) is 19.4 Å². The van der Waals surface area contributed by atoms with Gasteiger partial charge in [-0.1, -0.05) is 18.2 Å². The van der Waals surface area contributed by atoms with Crippen LogP contribution < -0.4 is 16.2 Å². The first-order valence-corrected chi connectivity index (χ1v) is 9.82. The second-order valence-corrected chi connectivity index (χ2v) is 7.36. The summed E-state index contributed by atoms with van der Waals surface area (Å²) in [6.45, 7) is 1.43. The molecular weight excluding hydrogens is 433 g/mol. The van der Waals surface area contributed by atoms with Gasteiger partial charge in [0.15, 0.2) is 5.69 Å². The zero-order valence-electron chi connectivity index (χ0n) is 17.9. The van der Waals surface area contributed by atoms with E-state index < -0.39 is 40.2 Å². The number of hydrogen-bond acceptors (Lipinski definition) is 7. The van der Waals surface area contributed by atoms with E-state index in [2.05, 4.69) is 25.6 Å². The molecule has 11 heteroatoms. The Morgan fingerprint density at radius 1 is 1.18 bits per heavy atom. The van der Waals surface area contributed by atoms with Gasteiger partial charge in [-0.25, -0.2) is 9.37 Å². The molecule has 4 N–H and O–H groups in total. The van der Waals surface area contributed by atoms with Crippen molar-refractivity contribution in [2.45, 2.75) is 19.0 Å². The maximum Gasteiger partial charge on any atom is 0.294 e. The number of nitrogens with zero attached hydrogens (tertiary/aromatic N) is 2. The van der Waals surface area contributed by atoms with Crippen LogP contribution in [0.3, 0.4) is 0 Å². The first-order chi connectivity index (χ1) is 15.7. The number of aromatic amines is 1. The van der Waals surface area contributed by atoms with E-state index >= 15 is 0 Å². The number of methoxy groups -OCH3 is 1. The summed E-state index contributed by atoms with van der Waals surface area (Å²) in [4.78, 5) is 48.1. The second-order valence-electron chi connectivity index (χ2n) is 7.36. The predicted molar refractivity (Wildman–Crippen MR) is 115 cm³/mol. The maximum absolute atomic E-state index is 13.1. The highest BCUT2D eigenvalue weighted by Gasteiger charge is 2.34. The molecule has 2 heterocycles. The lowest BCUT2D eigenvalue weighted by Crippen LogP contribution is -2.49. The third kappa shape index (κ3) is 5.57. The van der Waals surface area contributed by atoms with Gasteiger partial charge < -0.3 is 25.5 Å². The first kappa shape index (κ1) is 23.5. The van der Waals surface area contributed by atoms with Gasteiger partial charge >= 0.3 is 0 Å². The van der Waals surface area contributed by atoms with Crippen molar-refractivity contribution in [1.82, 2.24) is 25.6 Å². The summed E-state index contributed by atoms with van der Waals surface area (Å²) < 4.78 is 18.2. The molecule has 1 aromatic carbocycles. The van der Waals surface area contributed by atoms with Crippen LogP contribution in [0.4, 0.5) is 4.39 Å². The minimum atomic E-state index is -1.37.